The molecule has 3 nitrogen and oxygen atoms in total. The number of halogens is 4. The zero-order chi connectivity index (χ0) is 14.5. The number of alkyl halides is 4. The van der Waals surface area contributed by atoms with E-state index in [4.69, 9.17) is 16.3 Å². The molecule has 1 aliphatic rings. The van der Waals surface area contributed by atoms with Crippen molar-refractivity contribution in [3.63, 3.8) is 0 Å². The molecule has 0 heterocycles. The first-order valence-electron chi connectivity index (χ1n) is 6.33. The Morgan fingerprint density at radius 3 is 2.63 bits per heavy atom. The lowest BCUT2D eigenvalue weighted by atomic mass is 9.78. The maximum atomic E-state index is 12.8. The highest BCUT2D eigenvalue weighted by molar-refractivity contribution is 6.21. The molecule has 0 radical (unpaired) electrons. The van der Waals surface area contributed by atoms with Crippen LogP contribution in [0.1, 0.15) is 25.7 Å². The molecule has 1 N–H and O–H groups in total. The summed E-state index contributed by atoms with van der Waals surface area (Å²) in [4.78, 5) is 11.9. The van der Waals surface area contributed by atoms with E-state index in [1.807, 2.05) is 0 Å². The molecule has 0 aromatic heterocycles. The van der Waals surface area contributed by atoms with Crippen LogP contribution in [0.3, 0.4) is 0 Å². The van der Waals surface area contributed by atoms with Crippen LogP contribution in [-0.2, 0) is 9.53 Å². The van der Waals surface area contributed by atoms with E-state index in [0.717, 1.165) is 0 Å². The molecule has 19 heavy (non-hydrogen) atoms. The predicted molar refractivity (Wildman–Crippen MR) is 66.0 cm³/mol. The first-order valence-corrected chi connectivity index (χ1v) is 6.77. The molecular weight excluding hydrogens is 283 g/mol. The Morgan fingerprint density at radius 2 is 2.05 bits per heavy atom. The number of ether oxygens (including phenoxy) is 1. The van der Waals surface area contributed by atoms with E-state index in [0.29, 0.717) is 12.8 Å². The number of hydrogen-bond donors (Lipinski definition) is 1. The van der Waals surface area contributed by atoms with Crippen molar-refractivity contribution >= 4 is 17.5 Å². The van der Waals surface area contributed by atoms with E-state index in [1.165, 1.54) is 7.11 Å². The summed E-state index contributed by atoms with van der Waals surface area (Å²) in [6, 6.07) is 0. The molecule has 1 aliphatic carbocycles. The van der Waals surface area contributed by atoms with Crippen molar-refractivity contribution in [1.82, 2.24) is 5.32 Å². The van der Waals surface area contributed by atoms with Gasteiger partial charge in [-0.3, -0.25) is 4.79 Å². The first kappa shape index (κ1) is 16.6. The third kappa shape index (κ3) is 5.18. The molecule has 1 amide bonds. The van der Waals surface area contributed by atoms with Crippen molar-refractivity contribution in [2.75, 3.05) is 20.3 Å². The molecule has 0 aromatic rings. The largest absolute Gasteiger partial charge is 0.392 e. The minimum Gasteiger partial charge on any atom is -0.383 e. The van der Waals surface area contributed by atoms with Crippen molar-refractivity contribution in [1.29, 1.82) is 0 Å². The first-order chi connectivity index (χ1) is 8.86. The summed E-state index contributed by atoms with van der Waals surface area (Å²) >= 11 is 5.83. The molecule has 0 bridgehead atoms. The third-order valence-corrected chi connectivity index (χ3v) is 3.65. The second-order valence-corrected chi connectivity index (χ2v) is 5.45. The highest BCUT2D eigenvalue weighted by atomic mass is 35.5. The van der Waals surface area contributed by atoms with Gasteiger partial charge in [-0.05, 0) is 12.8 Å². The third-order valence-electron chi connectivity index (χ3n) is 3.37. The average Bonchev–Trinajstić information content (AvgIpc) is 2.35. The number of carbonyl (C=O) groups is 1. The predicted octanol–water partition coefficient (Wildman–Crippen LogP) is 2.73. The Hall–Kier alpha value is -0.490. The van der Waals surface area contributed by atoms with Crippen LogP contribution in [0.25, 0.3) is 0 Å². The smallest absolute Gasteiger partial charge is 0.383 e. The van der Waals surface area contributed by atoms with Crippen molar-refractivity contribution in [3.8, 4) is 0 Å². The second-order valence-electron chi connectivity index (χ2n) is 4.84. The van der Waals surface area contributed by atoms with Gasteiger partial charge in [-0.15, -0.1) is 11.6 Å². The lowest BCUT2D eigenvalue weighted by Crippen LogP contribution is -2.44. The van der Waals surface area contributed by atoms with Crippen molar-refractivity contribution in [3.05, 3.63) is 0 Å². The van der Waals surface area contributed by atoms with Crippen LogP contribution < -0.4 is 5.32 Å². The van der Waals surface area contributed by atoms with Gasteiger partial charge < -0.3 is 10.1 Å². The second kappa shape index (κ2) is 7.33. The Bertz CT molecular complexity index is 299. The summed E-state index contributed by atoms with van der Waals surface area (Å²) in [5.41, 5.74) is 0. The number of nitrogens with one attached hydrogen (secondary N) is 1. The summed E-state index contributed by atoms with van der Waals surface area (Å²) in [5.74, 6) is -3.07. The number of rotatable bonds is 5. The molecule has 0 aliphatic heterocycles. The average molecular weight is 302 g/mol. The minimum absolute atomic E-state index is 0.0317. The zero-order valence-electron chi connectivity index (χ0n) is 10.8. The van der Waals surface area contributed by atoms with Crippen LogP contribution in [0, 0.1) is 11.8 Å². The Labute approximate surface area is 115 Å². The van der Waals surface area contributed by atoms with Gasteiger partial charge >= 0.3 is 6.18 Å². The lowest BCUT2D eigenvalue weighted by molar-refractivity contribution is -0.198. The van der Waals surface area contributed by atoms with Gasteiger partial charge in [-0.1, -0.05) is 12.8 Å². The fourth-order valence-electron chi connectivity index (χ4n) is 2.42. The number of hydrogen-bond acceptors (Lipinski definition) is 2. The fourth-order valence-corrected chi connectivity index (χ4v) is 2.62. The van der Waals surface area contributed by atoms with E-state index < -0.39 is 29.3 Å². The van der Waals surface area contributed by atoms with Crippen LogP contribution in [0.15, 0.2) is 0 Å². The summed E-state index contributed by atoms with van der Waals surface area (Å²) < 4.78 is 43.3. The molecule has 0 spiro atoms. The molecule has 0 saturated heterocycles. The molecule has 3 unspecified atom stereocenters. The molecule has 0 aromatic carbocycles. The summed E-state index contributed by atoms with van der Waals surface area (Å²) in [5, 5.41) is 2.06. The monoisotopic (exact) mass is 301 g/mol. The van der Waals surface area contributed by atoms with Crippen molar-refractivity contribution in [2.45, 2.75) is 37.2 Å². The molecule has 112 valence electrons. The Kier molecular flexibility index (Phi) is 6.39. The molecule has 1 rings (SSSR count). The maximum Gasteiger partial charge on any atom is 0.392 e. The highest BCUT2D eigenvalue weighted by Gasteiger charge is 2.47. The molecule has 7 heteroatoms. The number of carbonyl (C=O) groups excluding carboxylic acids is 1. The van der Waals surface area contributed by atoms with Crippen LogP contribution in [0.2, 0.25) is 0 Å². The van der Waals surface area contributed by atoms with Crippen LogP contribution in [0.5, 0.6) is 0 Å². The zero-order valence-corrected chi connectivity index (χ0v) is 11.6. The summed E-state index contributed by atoms with van der Waals surface area (Å²) in [6.07, 6.45) is -2.81. The van der Waals surface area contributed by atoms with E-state index in [2.05, 4.69) is 5.32 Å². The quantitative estimate of drug-likeness (QED) is 0.793. The lowest BCUT2D eigenvalue weighted by Gasteiger charge is -2.32. The van der Waals surface area contributed by atoms with Gasteiger partial charge in [0.2, 0.25) is 5.91 Å². The van der Waals surface area contributed by atoms with Crippen LogP contribution in [0.4, 0.5) is 13.2 Å². The molecule has 1 saturated carbocycles. The van der Waals surface area contributed by atoms with Crippen LogP contribution in [-0.4, -0.2) is 37.7 Å². The molecular formula is C12H19ClF3NO2. The van der Waals surface area contributed by atoms with Crippen molar-refractivity contribution < 1.29 is 22.7 Å². The van der Waals surface area contributed by atoms with Gasteiger partial charge in [0.25, 0.3) is 0 Å². The van der Waals surface area contributed by atoms with E-state index >= 15 is 0 Å². The minimum atomic E-state index is -4.31. The number of methoxy groups -OCH3 is 1. The van der Waals surface area contributed by atoms with E-state index in [-0.39, 0.29) is 26.0 Å². The fraction of sp³-hybridized carbons (Fsp3) is 0.917. The topological polar surface area (TPSA) is 38.3 Å². The van der Waals surface area contributed by atoms with E-state index in [1.54, 1.807) is 0 Å². The SMILES string of the molecule is COCC(Cl)CNC(=O)C1CCCCC1C(F)(F)F. The summed E-state index contributed by atoms with van der Waals surface area (Å²) in [6.45, 7) is 0.366. The number of amides is 1. The highest BCUT2D eigenvalue weighted by Crippen LogP contribution is 2.41. The van der Waals surface area contributed by atoms with Crippen LogP contribution >= 0.6 is 11.6 Å². The van der Waals surface area contributed by atoms with Gasteiger partial charge in [-0.2, -0.15) is 13.2 Å². The molecule has 1 fully saturated rings. The van der Waals surface area contributed by atoms with Gasteiger partial charge in [0, 0.05) is 19.6 Å². The summed E-state index contributed by atoms with van der Waals surface area (Å²) in [7, 11) is 1.47. The normalized spacial score (nSPS) is 25.9. The van der Waals surface area contributed by atoms with Gasteiger partial charge in [0.15, 0.2) is 0 Å². The van der Waals surface area contributed by atoms with Gasteiger partial charge in [0.05, 0.1) is 17.9 Å². The van der Waals surface area contributed by atoms with E-state index in [9.17, 15) is 18.0 Å². The van der Waals surface area contributed by atoms with Gasteiger partial charge in [-0.25, -0.2) is 0 Å². The Balaban J connectivity index is 2.53. The van der Waals surface area contributed by atoms with Crippen molar-refractivity contribution in [2.24, 2.45) is 11.8 Å². The standard InChI is InChI=1S/C12H19ClF3NO2/c1-19-7-8(13)6-17-11(18)9-4-2-3-5-10(9)12(14,15)16/h8-10H,2-7H2,1H3,(H,17,18). The molecule has 3 atom stereocenters. The van der Waals surface area contributed by atoms with Gasteiger partial charge in [0.1, 0.15) is 0 Å². The maximum absolute atomic E-state index is 12.8. The Morgan fingerprint density at radius 1 is 1.42 bits per heavy atom.